The molecule has 39 heavy (non-hydrogen) atoms. The van der Waals surface area contributed by atoms with Gasteiger partial charge in [0, 0.05) is 30.6 Å². The predicted molar refractivity (Wildman–Crippen MR) is 156 cm³/mol. The maximum Gasteiger partial charge on any atom is 0.243 e. The van der Waals surface area contributed by atoms with E-state index in [9.17, 15) is 18.0 Å². The second kappa shape index (κ2) is 14.6. The van der Waals surface area contributed by atoms with Crippen molar-refractivity contribution in [3.63, 3.8) is 0 Å². The van der Waals surface area contributed by atoms with Crippen molar-refractivity contribution < 1.29 is 22.7 Å². The number of sulfonamides is 1. The molecule has 3 rings (SSSR count). The summed E-state index contributed by atoms with van der Waals surface area (Å²) < 4.78 is 31.9. The largest absolute Gasteiger partial charge is 0.495 e. The lowest BCUT2D eigenvalue weighted by atomic mass is 9.95. The third kappa shape index (κ3) is 8.86. The Kier molecular flexibility index (Phi) is 11.5. The van der Waals surface area contributed by atoms with Crippen LogP contribution in [0.2, 0.25) is 5.02 Å². The van der Waals surface area contributed by atoms with Gasteiger partial charge in [-0.2, -0.15) is 0 Å². The number of para-hydroxylation sites is 2. The van der Waals surface area contributed by atoms with Crippen LogP contribution < -0.4 is 14.4 Å². The predicted octanol–water partition coefficient (Wildman–Crippen LogP) is 5.15. The zero-order valence-corrected chi connectivity index (χ0v) is 24.6. The van der Waals surface area contributed by atoms with Crippen molar-refractivity contribution in [2.75, 3.05) is 24.2 Å². The second-order valence-electron chi connectivity index (χ2n) is 10.0. The van der Waals surface area contributed by atoms with Gasteiger partial charge in [-0.3, -0.25) is 13.9 Å². The van der Waals surface area contributed by atoms with Gasteiger partial charge >= 0.3 is 0 Å². The Morgan fingerprint density at radius 1 is 1.08 bits per heavy atom. The number of hydrogen-bond acceptors (Lipinski definition) is 5. The highest BCUT2D eigenvalue weighted by Gasteiger charge is 2.30. The molecule has 0 aliphatic heterocycles. The first-order chi connectivity index (χ1) is 18.6. The number of anilines is 1. The van der Waals surface area contributed by atoms with Gasteiger partial charge in [-0.05, 0) is 55.5 Å². The van der Waals surface area contributed by atoms with Gasteiger partial charge in [-0.1, -0.05) is 62.1 Å². The first kappa shape index (κ1) is 30.8. The van der Waals surface area contributed by atoms with Crippen LogP contribution in [0.25, 0.3) is 0 Å². The molecule has 10 heteroatoms. The van der Waals surface area contributed by atoms with Crippen LogP contribution in [-0.4, -0.2) is 57.1 Å². The van der Waals surface area contributed by atoms with E-state index in [2.05, 4.69) is 5.32 Å². The quantitative estimate of drug-likeness (QED) is 0.355. The average Bonchev–Trinajstić information content (AvgIpc) is 2.92. The molecule has 0 radical (unpaired) electrons. The Morgan fingerprint density at radius 2 is 1.74 bits per heavy atom. The number of halogens is 1. The minimum atomic E-state index is -3.62. The summed E-state index contributed by atoms with van der Waals surface area (Å²) in [5, 5.41) is 3.77. The molecule has 0 heterocycles. The molecule has 0 aromatic heterocycles. The third-order valence-electron chi connectivity index (χ3n) is 7.11. The number of benzene rings is 2. The van der Waals surface area contributed by atoms with E-state index in [0.29, 0.717) is 22.9 Å². The number of ether oxygens (including phenoxy) is 1. The summed E-state index contributed by atoms with van der Waals surface area (Å²) in [7, 11) is -2.13. The molecule has 214 valence electrons. The summed E-state index contributed by atoms with van der Waals surface area (Å²) in [5.41, 5.74) is 1.29. The Morgan fingerprint density at radius 3 is 2.36 bits per heavy atom. The van der Waals surface area contributed by atoms with E-state index in [4.69, 9.17) is 16.3 Å². The third-order valence-corrected chi connectivity index (χ3v) is 8.54. The average molecular weight is 578 g/mol. The van der Waals surface area contributed by atoms with Crippen LogP contribution in [0.15, 0.2) is 48.5 Å². The van der Waals surface area contributed by atoms with E-state index in [-0.39, 0.29) is 43.8 Å². The van der Waals surface area contributed by atoms with Crippen LogP contribution in [0.3, 0.4) is 0 Å². The zero-order valence-electron chi connectivity index (χ0n) is 23.1. The number of nitrogens with one attached hydrogen (secondary N) is 1. The molecule has 2 aromatic carbocycles. The van der Waals surface area contributed by atoms with Crippen LogP contribution in [0, 0.1) is 0 Å². The number of nitrogens with zero attached hydrogens (tertiary/aromatic N) is 2. The molecule has 0 saturated heterocycles. The van der Waals surface area contributed by atoms with Crippen LogP contribution in [-0.2, 0) is 26.2 Å². The highest BCUT2D eigenvalue weighted by molar-refractivity contribution is 7.92. The molecule has 8 nitrogen and oxygen atoms in total. The molecule has 1 aliphatic carbocycles. The minimum absolute atomic E-state index is 0.0853. The van der Waals surface area contributed by atoms with Crippen molar-refractivity contribution in [2.45, 2.75) is 76.9 Å². The van der Waals surface area contributed by atoms with Gasteiger partial charge in [-0.15, -0.1) is 0 Å². The van der Waals surface area contributed by atoms with Gasteiger partial charge in [0.1, 0.15) is 11.8 Å². The van der Waals surface area contributed by atoms with Gasteiger partial charge in [0.15, 0.2) is 0 Å². The normalized spacial score (nSPS) is 14.9. The second-order valence-corrected chi connectivity index (χ2v) is 12.4. The molecule has 2 amide bonds. The van der Waals surface area contributed by atoms with E-state index in [0.717, 1.165) is 37.5 Å². The zero-order chi connectivity index (χ0) is 28.4. The highest BCUT2D eigenvalue weighted by atomic mass is 35.5. The fraction of sp³-hybridized carbons (Fsp3) is 0.517. The Bertz CT molecular complexity index is 1200. The summed E-state index contributed by atoms with van der Waals surface area (Å²) in [4.78, 5) is 28.6. The summed E-state index contributed by atoms with van der Waals surface area (Å²) in [6.07, 6.45) is 7.25. The first-order valence-corrected chi connectivity index (χ1v) is 15.8. The fourth-order valence-electron chi connectivity index (χ4n) is 5.07. The van der Waals surface area contributed by atoms with Crippen molar-refractivity contribution >= 4 is 39.1 Å². The van der Waals surface area contributed by atoms with E-state index in [1.165, 1.54) is 17.8 Å². The van der Waals surface area contributed by atoms with Crippen molar-refractivity contribution in [1.82, 2.24) is 10.2 Å². The lowest BCUT2D eigenvalue weighted by Crippen LogP contribution is -2.51. The molecule has 1 N–H and O–H groups in total. The number of methoxy groups -OCH3 is 1. The standard InChI is InChI=1S/C29H40ClN3O5S/c1-4-25(29(35)31-24-11-6-5-7-12-24)32(21-22-16-18-23(30)19-17-22)28(34)15-10-20-33(39(3,36)37)26-13-8-9-14-27(26)38-2/h8-9,13-14,16-19,24-25H,4-7,10-12,15,20-21H2,1-3H3,(H,31,35). The van der Waals surface area contributed by atoms with Gasteiger partial charge in [0.25, 0.3) is 0 Å². The van der Waals surface area contributed by atoms with Crippen molar-refractivity contribution in [2.24, 2.45) is 0 Å². The molecule has 1 fully saturated rings. The van der Waals surface area contributed by atoms with Crippen molar-refractivity contribution in [1.29, 1.82) is 0 Å². The Balaban J connectivity index is 1.77. The molecule has 1 atom stereocenters. The van der Waals surface area contributed by atoms with Gasteiger partial charge in [0.2, 0.25) is 21.8 Å². The lowest BCUT2D eigenvalue weighted by molar-refractivity contribution is -0.141. The molecular formula is C29H40ClN3O5S. The molecule has 1 unspecified atom stereocenters. The van der Waals surface area contributed by atoms with E-state index in [1.54, 1.807) is 41.3 Å². The number of rotatable bonds is 13. The molecule has 2 aromatic rings. The Hall–Kier alpha value is -2.78. The van der Waals surface area contributed by atoms with E-state index >= 15 is 0 Å². The van der Waals surface area contributed by atoms with Gasteiger partial charge in [0.05, 0.1) is 19.1 Å². The molecule has 1 saturated carbocycles. The van der Waals surface area contributed by atoms with Gasteiger partial charge < -0.3 is 15.0 Å². The maximum absolute atomic E-state index is 13.6. The van der Waals surface area contributed by atoms with Crippen molar-refractivity contribution in [3.05, 3.63) is 59.1 Å². The Labute approximate surface area is 237 Å². The van der Waals surface area contributed by atoms with E-state index < -0.39 is 16.1 Å². The van der Waals surface area contributed by atoms with E-state index in [1.807, 2.05) is 19.1 Å². The van der Waals surface area contributed by atoms with Crippen LogP contribution in [0.4, 0.5) is 5.69 Å². The highest BCUT2D eigenvalue weighted by Crippen LogP contribution is 2.30. The summed E-state index contributed by atoms with van der Waals surface area (Å²) >= 11 is 6.06. The molecule has 0 spiro atoms. The summed E-state index contributed by atoms with van der Waals surface area (Å²) in [5.74, 6) is 0.0895. The fourth-order valence-corrected chi connectivity index (χ4v) is 6.16. The topological polar surface area (TPSA) is 96.0 Å². The summed E-state index contributed by atoms with van der Waals surface area (Å²) in [6.45, 7) is 2.26. The maximum atomic E-state index is 13.6. The van der Waals surface area contributed by atoms with Crippen LogP contribution in [0.5, 0.6) is 5.75 Å². The van der Waals surface area contributed by atoms with Gasteiger partial charge in [-0.25, -0.2) is 8.42 Å². The number of hydrogen-bond donors (Lipinski definition) is 1. The van der Waals surface area contributed by atoms with Crippen LogP contribution in [0.1, 0.15) is 63.9 Å². The smallest absolute Gasteiger partial charge is 0.243 e. The minimum Gasteiger partial charge on any atom is -0.495 e. The van der Waals surface area contributed by atoms with Crippen molar-refractivity contribution in [3.8, 4) is 5.75 Å². The molecule has 1 aliphatic rings. The monoisotopic (exact) mass is 577 g/mol. The number of amides is 2. The lowest BCUT2D eigenvalue weighted by Gasteiger charge is -2.33. The molecule has 0 bridgehead atoms. The number of carbonyl (C=O) groups is 2. The SMILES string of the molecule is CCC(C(=O)NC1CCCCC1)N(Cc1ccc(Cl)cc1)C(=O)CCCN(c1ccccc1OC)S(C)(=O)=O. The van der Waals surface area contributed by atoms with Crippen LogP contribution >= 0.6 is 11.6 Å². The summed E-state index contributed by atoms with van der Waals surface area (Å²) in [6, 6.07) is 13.6. The first-order valence-electron chi connectivity index (χ1n) is 13.6. The molecular weight excluding hydrogens is 538 g/mol. The number of carbonyl (C=O) groups excluding carboxylic acids is 2.